The van der Waals surface area contributed by atoms with Gasteiger partial charge in [-0.1, -0.05) is 0 Å². The van der Waals surface area contributed by atoms with Crippen LogP contribution in [0.3, 0.4) is 0 Å². The van der Waals surface area contributed by atoms with E-state index >= 15 is 0 Å². The first kappa shape index (κ1) is 11.1. The van der Waals surface area contributed by atoms with Gasteiger partial charge in [-0.3, -0.25) is 0 Å². The van der Waals surface area contributed by atoms with Crippen LogP contribution in [0, 0.1) is 0 Å². The third-order valence-electron chi connectivity index (χ3n) is 2.36. The van der Waals surface area contributed by atoms with Crippen molar-refractivity contribution < 1.29 is 0 Å². The Hall–Kier alpha value is -0.000519. The van der Waals surface area contributed by atoms with Crippen LogP contribution in [0.1, 0.15) is 49.9 Å². The maximum absolute atomic E-state index is 2.32. The van der Waals surface area contributed by atoms with Crippen LogP contribution in [0.5, 0.6) is 0 Å². The standard InChI is InChI=1S/C12H20Se/c1-2-3-4-5-6-7-9-12-10-8-11-13-12/h8,10-11H,2-7,9H2,1H3. The first-order chi connectivity index (χ1) is 6.43. The zero-order valence-electron chi connectivity index (χ0n) is 8.59. The predicted octanol–water partition coefficient (Wildman–Crippen LogP) is 3.65. The molecule has 1 heteroatoms. The summed E-state index contributed by atoms with van der Waals surface area (Å²) >= 11 is 0.712. The van der Waals surface area contributed by atoms with Gasteiger partial charge in [0.1, 0.15) is 0 Å². The van der Waals surface area contributed by atoms with Crippen molar-refractivity contribution in [3.05, 3.63) is 21.5 Å². The minimum absolute atomic E-state index is 0.712. The molecule has 0 aromatic carbocycles. The first-order valence-electron chi connectivity index (χ1n) is 5.46. The zero-order chi connectivity index (χ0) is 9.36. The summed E-state index contributed by atoms with van der Waals surface area (Å²) in [6.45, 7) is 2.28. The maximum atomic E-state index is 2.32. The average Bonchev–Trinajstić information content (AvgIpc) is 2.63. The summed E-state index contributed by atoms with van der Waals surface area (Å²) in [6.07, 6.45) is 9.89. The topological polar surface area (TPSA) is 0 Å². The Labute approximate surface area is 88.1 Å². The molecule has 0 unspecified atom stereocenters. The molecule has 0 bridgehead atoms. The Bertz CT molecular complexity index is 189. The molecule has 0 radical (unpaired) electrons. The molecule has 0 spiro atoms. The summed E-state index contributed by atoms with van der Waals surface area (Å²) in [6, 6.07) is 4.53. The Morgan fingerprint density at radius 2 is 1.85 bits per heavy atom. The normalized spacial score (nSPS) is 10.5. The van der Waals surface area contributed by atoms with Gasteiger partial charge >= 0.3 is 87.9 Å². The molecule has 74 valence electrons. The van der Waals surface area contributed by atoms with Gasteiger partial charge in [0.25, 0.3) is 0 Å². The Kier molecular flexibility index (Phi) is 6.31. The molecule has 13 heavy (non-hydrogen) atoms. The van der Waals surface area contributed by atoms with E-state index < -0.39 is 0 Å². The van der Waals surface area contributed by atoms with Crippen LogP contribution < -0.4 is 0 Å². The van der Waals surface area contributed by atoms with E-state index in [4.69, 9.17) is 0 Å². The van der Waals surface area contributed by atoms with Gasteiger partial charge in [-0.25, -0.2) is 0 Å². The molecule has 0 atom stereocenters. The van der Waals surface area contributed by atoms with Crippen LogP contribution in [-0.2, 0) is 6.42 Å². The molecule has 0 amide bonds. The van der Waals surface area contributed by atoms with Crippen LogP contribution in [-0.4, -0.2) is 14.5 Å². The summed E-state index contributed by atoms with van der Waals surface area (Å²) in [4.78, 5) is 2.32. The summed E-state index contributed by atoms with van der Waals surface area (Å²) in [5.74, 6) is 0. The van der Waals surface area contributed by atoms with Crippen molar-refractivity contribution in [3.8, 4) is 0 Å². The van der Waals surface area contributed by atoms with Crippen LogP contribution in [0.25, 0.3) is 0 Å². The molecule has 0 saturated carbocycles. The number of aryl methyl sites for hydroxylation is 1. The van der Waals surface area contributed by atoms with Crippen molar-refractivity contribution in [2.45, 2.75) is 51.9 Å². The van der Waals surface area contributed by atoms with Crippen LogP contribution in [0.2, 0.25) is 0 Å². The third-order valence-corrected chi connectivity index (χ3v) is 4.32. The Balaban J connectivity index is 1.90. The number of hydrogen-bond donors (Lipinski definition) is 0. The quantitative estimate of drug-likeness (QED) is 0.506. The van der Waals surface area contributed by atoms with Gasteiger partial charge < -0.3 is 0 Å². The molecule has 0 N–H and O–H groups in total. The zero-order valence-corrected chi connectivity index (χ0v) is 10.3. The number of rotatable bonds is 7. The fourth-order valence-corrected chi connectivity index (χ4v) is 3.11. The van der Waals surface area contributed by atoms with E-state index in [1.807, 2.05) is 0 Å². The van der Waals surface area contributed by atoms with Gasteiger partial charge in [0.15, 0.2) is 0 Å². The first-order valence-corrected chi connectivity index (χ1v) is 7.30. The number of unbranched alkanes of at least 4 members (excludes halogenated alkanes) is 5. The van der Waals surface area contributed by atoms with Crippen molar-refractivity contribution in [1.82, 2.24) is 0 Å². The molecule has 1 aromatic rings. The van der Waals surface area contributed by atoms with Gasteiger partial charge in [-0.15, -0.1) is 0 Å². The monoisotopic (exact) mass is 244 g/mol. The van der Waals surface area contributed by atoms with Gasteiger partial charge in [-0.05, 0) is 0 Å². The Morgan fingerprint density at radius 1 is 1.08 bits per heavy atom. The van der Waals surface area contributed by atoms with Gasteiger partial charge in [-0.2, -0.15) is 0 Å². The fourth-order valence-electron chi connectivity index (χ4n) is 1.53. The molecule has 0 aliphatic heterocycles. The third kappa shape index (κ3) is 5.33. The Morgan fingerprint density at radius 3 is 2.54 bits per heavy atom. The van der Waals surface area contributed by atoms with E-state index in [-0.39, 0.29) is 0 Å². The van der Waals surface area contributed by atoms with Gasteiger partial charge in [0.05, 0.1) is 0 Å². The van der Waals surface area contributed by atoms with Crippen molar-refractivity contribution in [3.63, 3.8) is 0 Å². The predicted molar refractivity (Wildman–Crippen MR) is 60.5 cm³/mol. The van der Waals surface area contributed by atoms with Crippen LogP contribution >= 0.6 is 0 Å². The average molecular weight is 243 g/mol. The molecule has 0 aliphatic carbocycles. The molecule has 0 saturated heterocycles. The summed E-state index contributed by atoms with van der Waals surface area (Å²) in [5, 5.41) is 0. The van der Waals surface area contributed by atoms with Crippen LogP contribution in [0.15, 0.2) is 17.1 Å². The molecule has 1 heterocycles. The summed E-state index contributed by atoms with van der Waals surface area (Å²) < 4.78 is 1.70. The molecular weight excluding hydrogens is 223 g/mol. The van der Waals surface area contributed by atoms with E-state index in [2.05, 4.69) is 24.0 Å². The van der Waals surface area contributed by atoms with E-state index in [9.17, 15) is 0 Å². The van der Waals surface area contributed by atoms with E-state index in [1.165, 1.54) is 44.9 Å². The van der Waals surface area contributed by atoms with Crippen molar-refractivity contribution >= 4 is 14.5 Å². The fraction of sp³-hybridized carbons (Fsp3) is 0.667. The van der Waals surface area contributed by atoms with E-state index in [1.54, 1.807) is 4.44 Å². The number of hydrogen-bond acceptors (Lipinski definition) is 0. The van der Waals surface area contributed by atoms with E-state index in [0.29, 0.717) is 14.5 Å². The van der Waals surface area contributed by atoms with Crippen LogP contribution in [0.4, 0.5) is 0 Å². The molecule has 0 aliphatic rings. The second kappa shape index (κ2) is 7.41. The van der Waals surface area contributed by atoms with Gasteiger partial charge in [0.2, 0.25) is 0 Å². The molecule has 0 fully saturated rings. The molecule has 0 nitrogen and oxygen atoms in total. The van der Waals surface area contributed by atoms with Gasteiger partial charge in [0, 0.05) is 0 Å². The second-order valence-corrected chi connectivity index (χ2v) is 5.76. The second-order valence-electron chi connectivity index (χ2n) is 3.60. The summed E-state index contributed by atoms with van der Waals surface area (Å²) in [5.41, 5.74) is 0. The molecular formula is C12H20Se. The van der Waals surface area contributed by atoms with Crippen molar-refractivity contribution in [1.29, 1.82) is 0 Å². The van der Waals surface area contributed by atoms with Crippen molar-refractivity contribution in [2.75, 3.05) is 0 Å². The minimum atomic E-state index is 0.712. The molecule has 1 rings (SSSR count). The molecule has 1 aromatic heterocycles. The SMILES string of the molecule is CCCCCCCCc1ccc[se]1. The summed E-state index contributed by atoms with van der Waals surface area (Å²) in [7, 11) is 0. The van der Waals surface area contributed by atoms with E-state index in [0.717, 1.165) is 0 Å². The van der Waals surface area contributed by atoms with Crippen molar-refractivity contribution in [2.24, 2.45) is 0 Å².